The molecule has 3 heterocycles. The number of rotatable bonds is 2. The van der Waals surface area contributed by atoms with Crippen LogP contribution in [-0.4, -0.2) is 34.9 Å². The van der Waals surface area contributed by atoms with Gasteiger partial charge in [-0.15, -0.1) is 0 Å². The highest BCUT2D eigenvalue weighted by atomic mass is 16.6. The van der Waals surface area contributed by atoms with Crippen LogP contribution in [0, 0.1) is 0 Å². The van der Waals surface area contributed by atoms with Crippen LogP contribution < -0.4 is 11.2 Å². The number of nitrogens with zero attached hydrogens (tertiary/aromatic N) is 5. The summed E-state index contributed by atoms with van der Waals surface area (Å²) >= 11 is 0. The molecule has 9 nitrogen and oxygen atoms in total. The predicted octanol–water partition coefficient (Wildman–Crippen LogP) is 2.22. The van der Waals surface area contributed by atoms with Gasteiger partial charge in [-0.3, -0.25) is 18.5 Å². The summed E-state index contributed by atoms with van der Waals surface area (Å²) in [5, 5.41) is 0.854. The first-order valence-corrected chi connectivity index (χ1v) is 9.51. The monoisotopic (exact) mass is 409 g/mol. The number of imidazole rings is 1. The second-order valence-corrected chi connectivity index (χ2v) is 8.32. The highest BCUT2D eigenvalue weighted by Crippen LogP contribution is 2.20. The zero-order valence-corrected chi connectivity index (χ0v) is 17.5. The molecule has 3 aromatic heterocycles. The molecule has 0 unspecified atom stereocenters. The highest BCUT2D eigenvalue weighted by molar-refractivity contribution is 5.90. The number of ether oxygens (including phenoxy) is 1. The molecule has 0 bridgehead atoms. The summed E-state index contributed by atoms with van der Waals surface area (Å²) < 4.78 is 11.0. The van der Waals surface area contributed by atoms with Crippen molar-refractivity contribution in [3.05, 3.63) is 63.2 Å². The quantitative estimate of drug-likeness (QED) is 0.506. The van der Waals surface area contributed by atoms with E-state index >= 15 is 0 Å². The third-order valence-corrected chi connectivity index (χ3v) is 4.89. The van der Waals surface area contributed by atoms with E-state index in [-0.39, 0.29) is 6.54 Å². The zero-order valence-electron chi connectivity index (χ0n) is 17.5. The Morgan fingerprint density at radius 2 is 1.87 bits per heavy atom. The predicted molar refractivity (Wildman–Crippen MR) is 113 cm³/mol. The molecule has 0 amide bonds. The standard InChI is InChI=1S/C21H23N5O4/c1-21(2,3)30-20(29)25-9-8-14-7-6-13(10-15(14)25)11-26-18(27)16-17(22-12-23(16)4)24(5)19(26)28/h6-10,12H,11H2,1-5H3. The Morgan fingerprint density at radius 3 is 2.57 bits per heavy atom. The van der Waals surface area contributed by atoms with Crippen molar-refractivity contribution >= 4 is 28.2 Å². The summed E-state index contributed by atoms with van der Waals surface area (Å²) in [7, 11) is 3.30. The number of benzene rings is 1. The first-order chi connectivity index (χ1) is 14.1. The molecule has 0 aliphatic heterocycles. The largest absolute Gasteiger partial charge is 0.443 e. The van der Waals surface area contributed by atoms with Crippen molar-refractivity contribution in [1.82, 2.24) is 23.3 Å². The zero-order chi connectivity index (χ0) is 21.8. The van der Waals surface area contributed by atoms with Crippen LogP contribution in [0.5, 0.6) is 0 Å². The molecule has 0 atom stereocenters. The van der Waals surface area contributed by atoms with Gasteiger partial charge in [0.1, 0.15) is 5.60 Å². The molecule has 4 aromatic rings. The first kappa shape index (κ1) is 19.7. The molecule has 9 heteroatoms. The summed E-state index contributed by atoms with van der Waals surface area (Å²) in [6, 6.07) is 7.29. The molecule has 0 aliphatic rings. The van der Waals surface area contributed by atoms with Crippen molar-refractivity contribution in [3.63, 3.8) is 0 Å². The Bertz CT molecular complexity index is 1410. The third kappa shape index (κ3) is 3.22. The van der Waals surface area contributed by atoms with E-state index in [0.29, 0.717) is 22.2 Å². The van der Waals surface area contributed by atoms with Gasteiger partial charge in [0.2, 0.25) is 0 Å². The van der Waals surface area contributed by atoms with Crippen molar-refractivity contribution in [2.24, 2.45) is 14.1 Å². The summed E-state index contributed by atoms with van der Waals surface area (Å²) in [6.45, 7) is 5.48. The van der Waals surface area contributed by atoms with Gasteiger partial charge in [0.05, 0.1) is 18.4 Å². The van der Waals surface area contributed by atoms with Crippen LogP contribution in [0.15, 0.2) is 46.4 Å². The molecule has 4 rings (SSSR count). The fourth-order valence-electron chi connectivity index (χ4n) is 3.46. The summed E-state index contributed by atoms with van der Waals surface area (Å²) in [5.74, 6) is 0. The van der Waals surface area contributed by atoms with Crippen LogP contribution in [0.4, 0.5) is 4.79 Å². The maximum absolute atomic E-state index is 12.9. The first-order valence-electron chi connectivity index (χ1n) is 9.51. The average molecular weight is 409 g/mol. The second kappa shape index (κ2) is 6.72. The molecule has 30 heavy (non-hydrogen) atoms. The molecule has 0 radical (unpaired) electrons. The third-order valence-electron chi connectivity index (χ3n) is 4.89. The molecule has 0 saturated heterocycles. The Morgan fingerprint density at radius 1 is 1.13 bits per heavy atom. The fraction of sp³-hybridized carbons (Fsp3) is 0.333. The van der Waals surface area contributed by atoms with E-state index in [0.717, 1.165) is 5.39 Å². The van der Waals surface area contributed by atoms with Crippen LogP contribution in [-0.2, 0) is 25.4 Å². The molecule has 0 aliphatic carbocycles. The van der Waals surface area contributed by atoms with E-state index in [1.807, 2.05) is 18.2 Å². The molecule has 0 saturated carbocycles. The average Bonchev–Trinajstić information content (AvgIpc) is 3.25. The lowest BCUT2D eigenvalue weighted by atomic mass is 10.1. The maximum Gasteiger partial charge on any atom is 0.418 e. The number of carbonyl (C=O) groups is 1. The molecule has 0 N–H and O–H groups in total. The Balaban J connectivity index is 1.80. The molecule has 156 valence electrons. The number of fused-ring (bicyclic) bond motifs is 2. The smallest absolute Gasteiger partial charge is 0.418 e. The van der Waals surface area contributed by atoms with Crippen molar-refractivity contribution in [1.29, 1.82) is 0 Å². The Labute approximate surface area is 171 Å². The summed E-state index contributed by atoms with van der Waals surface area (Å²) in [6.07, 6.45) is 2.67. The molecule has 1 aromatic carbocycles. The topological polar surface area (TPSA) is 93.1 Å². The van der Waals surface area contributed by atoms with E-state index in [2.05, 4.69) is 4.98 Å². The van der Waals surface area contributed by atoms with Crippen molar-refractivity contribution in [2.45, 2.75) is 32.9 Å². The van der Waals surface area contributed by atoms with Crippen molar-refractivity contribution in [3.8, 4) is 0 Å². The number of carbonyl (C=O) groups excluding carboxylic acids is 1. The van der Waals surface area contributed by atoms with Gasteiger partial charge in [0.25, 0.3) is 5.56 Å². The number of hydrogen-bond acceptors (Lipinski definition) is 5. The van der Waals surface area contributed by atoms with Gasteiger partial charge in [0, 0.05) is 25.7 Å². The SMILES string of the molecule is Cn1cnc2c1c(=O)n(Cc1ccc3ccn(C(=O)OC(C)(C)C)c3c1)c(=O)n2C. The van der Waals surface area contributed by atoms with Crippen LogP contribution >= 0.6 is 0 Å². The number of aromatic nitrogens is 5. The van der Waals surface area contributed by atoms with Gasteiger partial charge >= 0.3 is 11.8 Å². The van der Waals surface area contributed by atoms with Crippen molar-refractivity contribution < 1.29 is 9.53 Å². The summed E-state index contributed by atoms with van der Waals surface area (Å²) in [5.41, 5.74) is 0.585. The number of hydrogen-bond donors (Lipinski definition) is 0. The Kier molecular flexibility index (Phi) is 4.41. The minimum atomic E-state index is -0.622. The van der Waals surface area contributed by atoms with E-state index in [4.69, 9.17) is 4.74 Å². The van der Waals surface area contributed by atoms with E-state index in [9.17, 15) is 14.4 Å². The van der Waals surface area contributed by atoms with Gasteiger partial charge in [-0.25, -0.2) is 14.6 Å². The molecule has 0 spiro atoms. The fourth-order valence-corrected chi connectivity index (χ4v) is 3.46. The van der Waals surface area contributed by atoms with Crippen LogP contribution in [0.2, 0.25) is 0 Å². The summed E-state index contributed by atoms with van der Waals surface area (Å²) in [4.78, 5) is 42.4. The molecule has 0 fully saturated rings. The van der Waals surface area contributed by atoms with Gasteiger partial charge in [0.15, 0.2) is 11.2 Å². The van der Waals surface area contributed by atoms with Crippen LogP contribution in [0.25, 0.3) is 22.1 Å². The second-order valence-electron chi connectivity index (χ2n) is 8.32. The van der Waals surface area contributed by atoms with E-state index in [1.165, 1.54) is 20.0 Å². The van der Waals surface area contributed by atoms with Crippen molar-refractivity contribution in [2.75, 3.05) is 0 Å². The minimum Gasteiger partial charge on any atom is -0.443 e. The minimum absolute atomic E-state index is 0.0715. The lowest BCUT2D eigenvalue weighted by Gasteiger charge is -2.19. The molecular weight excluding hydrogens is 386 g/mol. The lowest BCUT2D eigenvalue weighted by molar-refractivity contribution is 0.0544. The highest BCUT2D eigenvalue weighted by Gasteiger charge is 2.20. The van der Waals surface area contributed by atoms with E-state index in [1.54, 1.807) is 51.7 Å². The maximum atomic E-state index is 12.9. The van der Waals surface area contributed by atoms with E-state index < -0.39 is 22.9 Å². The lowest BCUT2D eigenvalue weighted by Crippen LogP contribution is -2.39. The van der Waals surface area contributed by atoms with Gasteiger partial charge < -0.3 is 9.30 Å². The van der Waals surface area contributed by atoms with Crippen LogP contribution in [0.1, 0.15) is 26.3 Å². The number of aryl methyl sites for hydroxylation is 2. The van der Waals surface area contributed by atoms with Gasteiger partial charge in [-0.05, 0) is 38.5 Å². The van der Waals surface area contributed by atoms with Gasteiger partial charge in [-0.1, -0.05) is 12.1 Å². The normalized spacial score (nSPS) is 12.0. The van der Waals surface area contributed by atoms with Crippen LogP contribution in [0.3, 0.4) is 0 Å². The molecular formula is C21H23N5O4. The Hall–Kier alpha value is -3.62. The van der Waals surface area contributed by atoms with Gasteiger partial charge in [-0.2, -0.15) is 0 Å².